The first-order valence-corrected chi connectivity index (χ1v) is 11.4. The Labute approximate surface area is 206 Å². The molecule has 2 aliphatic rings. The summed E-state index contributed by atoms with van der Waals surface area (Å²) in [6, 6.07) is 8.71. The van der Waals surface area contributed by atoms with Crippen LogP contribution in [0.25, 0.3) is 22.6 Å². The summed E-state index contributed by atoms with van der Waals surface area (Å²) in [5.74, 6) is -0.727. The highest BCUT2D eigenvalue weighted by molar-refractivity contribution is 5.97. The summed E-state index contributed by atoms with van der Waals surface area (Å²) in [5.41, 5.74) is 13.9. The SMILES string of the molecule is CC1=C(Nc2cnc(-c3cccc(-c4cc(C5(O)CCN(C)C5=O)on4)c3)nc2C(N)=O)C(C)NN1. The molecule has 2 aromatic heterocycles. The van der Waals surface area contributed by atoms with E-state index in [1.54, 1.807) is 37.4 Å². The van der Waals surface area contributed by atoms with Gasteiger partial charge in [-0.15, -0.1) is 0 Å². The molecular formula is C24H26N8O4. The number of aromatic nitrogens is 3. The number of carbonyl (C=O) groups is 2. The summed E-state index contributed by atoms with van der Waals surface area (Å²) >= 11 is 0. The number of aliphatic hydroxyl groups is 1. The highest BCUT2D eigenvalue weighted by Crippen LogP contribution is 2.35. The number of likely N-dealkylation sites (tertiary alicyclic amines) is 1. The average Bonchev–Trinajstić information content (AvgIpc) is 3.56. The zero-order valence-electron chi connectivity index (χ0n) is 20.0. The van der Waals surface area contributed by atoms with E-state index < -0.39 is 17.4 Å². The largest absolute Gasteiger partial charge is 0.373 e. The molecule has 2 amide bonds. The number of nitrogens with two attached hydrogens (primary N) is 1. The molecule has 1 saturated heterocycles. The average molecular weight is 491 g/mol. The standard InChI is InChI=1S/C24H26N8O4/c1-12-19(13(2)30-29-12)27-17-11-26-22(28-20(17)21(25)33)15-6-4-5-14(9-15)16-10-18(36-31-16)24(35)7-8-32(3)23(24)34/h4-6,9-12,27,29-30,35H,7-8H2,1-3H3,(H2,25,33). The first-order valence-electron chi connectivity index (χ1n) is 11.4. The molecule has 0 saturated carbocycles. The Morgan fingerprint density at radius 1 is 1.33 bits per heavy atom. The minimum Gasteiger partial charge on any atom is -0.373 e. The number of carbonyl (C=O) groups excluding carboxylic acids is 2. The van der Waals surface area contributed by atoms with Crippen molar-refractivity contribution >= 4 is 17.5 Å². The van der Waals surface area contributed by atoms with E-state index in [9.17, 15) is 14.7 Å². The number of allylic oxidation sites excluding steroid dienone is 1. The fraction of sp³-hybridized carbons (Fsp3) is 0.292. The first kappa shape index (κ1) is 23.5. The van der Waals surface area contributed by atoms with Crippen LogP contribution in [0.3, 0.4) is 0 Å². The van der Waals surface area contributed by atoms with Crippen LogP contribution in [0.1, 0.15) is 36.5 Å². The number of hydrogen-bond donors (Lipinski definition) is 5. The molecule has 12 heteroatoms. The summed E-state index contributed by atoms with van der Waals surface area (Å²) in [6.07, 6.45) is 1.74. The molecule has 2 atom stereocenters. The second-order valence-corrected chi connectivity index (χ2v) is 8.97. The van der Waals surface area contributed by atoms with Crippen LogP contribution in [0.15, 0.2) is 52.4 Å². The Kier molecular flexibility index (Phi) is 5.69. The van der Waals surface area contributed by atoms with Gasteiger partial charge in [0, 0.05) is 42.9 Å². The monoisotopic (exact) mass is 490 g/mol. The minimum absolute atomic E-state index is 0.00702. The van der Waals surface area contributed by atoms with Crippen LogP contribution >= 0.6 is 0 Å². The van der Waals surface area contributed by atoms with Gasteiger partial charge in [-0.2, -0.15) is 0 Å². The van der Waals surface area contributed by atoms with Crippen LogP contribution in [0, 0.1) is 0 Å². The molecule has 5 rings (SSSR count). The van der Waals surface area contributed by atoms with Crippen LogP contribution in [0.2, 0.25) is 0 Å². The van der Waals surface area contributed by atoms with Gasteiger partial charge < -0.3 is 31.0 Å². The molecular weight excluding hydrogens is 464 g/mol. The zero-order chi connectivity index (χ0) is 25.6. The summed E-state index contributed by atoms with van der Waals surface area (Å²) in [6.45, 7) is 4.29. The molecule has 1 fully saturated rings. The third-order valence-electron chi connectivity index (χ3n) is 6.45. The van der Waals surface area contributed by atoms with E-state index in [1.165, 1.54) is 11.1 Å². The van der Waals surface area contributed by atoms with Crippen molar-refractivity contribution in [2.75, 3.05) is 18.9 Å². The number of anilines is 1. The maximum atomic E-state index is 12.4. The quantitative estimate of drug-likeness (QED) is 0.337. The molecule has 1 aromatic carbocycles. The van der Waals surface area contributed by atoms with Crippen molar-refractivity contribution in [3.05, 3.63) is 59.4 Å². The molecule has 186 valence electrons. The Hall–Kier alpha value is -4.29. The summed E-state index contributed by atoms with van der Waals surface area (Å²) in [4.78, 5) is 34.9. The second kappa shape index (κ2) is 8.73. The maximum Gasteiger partial charge on any atom is 0.269 e. The van der Waals surface area contributed by atoms with Crippen molar-refractivity contribution in [3.8, 4) is 22.6 Å². The lowest BCUT2D eigenvalue weighted by Crippen LogP contribution is -2.35. The van der Waals surface area contributed by atoms with E-state index in [-0.39, 0.29) is 23.9 Å². The van der Waals surface area contributed by atoms with Gasteiger partial charge in [0.2, 0.25) is 5.60 Å². The lowest BCUT2D eigenvalue weighted by molar-refractivity contribution is -0.144. The molecule has 6 N–H and O–H groups in total. The Morgan fingerprint density at radius 3 is 2.78 bits per heavy atom. The summed E-state index contributed by atoms with van der Waals surface area (Å²) in [7, 11) is 1.63. The number of primary amides is 1. The van der Waals surface area contributed by atoms with Crippen LogP contribution < -0.4 is 21.9 Å². The van der Waals surface area contributed by atoms with E-state index in [2.05, 4.69) is 31.3 Å². The molecule has 36 heavy (non-hydrogen) atoms. The number of nitrogens with one attached hydrogen (secondary N) is 3. The van der Waals surface area contributed by atoms with Gasteiger partial charge in [-0.1, -0.05) is 23.4 Å². The van der Waals surface area contributed by atoms with Crippen LogP contribution in [0.5, 0.6) is 0 Å². The van der Waals surface area contributed by atoms with Crippen molar-refractivity contribution < 1.29 is 19.2 Å². The molecule has 0 radical (unpaired) electrons. The van der Waals surface area contributed by atoms with Gasteiger partial charge in [0.05, 0.1) is 23.6 Å². The number of hydrazine groups is 1. The molecule has 0 aliphatic carbocycles. The van der Waals surface area contributed by atoms with Crippen molar-refractivity contribution in [3.63, 3.8) is 0 Å². The molecule has 4 heterocycles. The van der Waals surface area contributed by atoms with Gasteiger partial charge in [0.25, 0.3) is 11.8 Å². The van der Waals surface area contributed by atoms with Gasteiger partial charge in [0.15, 0.2) is 17.3 Å². The molecule has 2 unspecified atom stereocenters. The van der Waals surface area contributed by atoms with E-state index >= 15 is 0 Å². The van der Waals surface area contributed by atoms with Gasteiger partial charge in [-0.05, 0) is 19.9 Å². The molecule has 0 spiro atoms. The Bertz CT molecular complexity index is 1400. The smallest absolute Gasteiger partial charge is 0.269 e. The second-order valence-electron chi connectivity index (χ2n) is 8.97. The lowest BCUT2D eigenvalue weighted by Gasteiger charge is -2.16. The van der Waals surface area contributed by atoms with Gasteiger partial charge >= 0.3 is 0 Å². The van der Waals surface area contributed by atoms with Crippen LogP contribution in [0.4, 0.5) is 5.69 Å². The third kappa shape index (κ3) is 3.95. The van der Waals surface area contributed by atoms with Crippen LogP contribution in [-0.2, 0) is 10.4 Å². The number of nitrogens with zero attached hydrogens (tertiary/aromatic N) is 4. The number of likely N-dealkylation sites (N-methyl/N-ethyl adjacent to an activating group) is 1. The fourth-order valence-corrected chi connectivity index (χ4v) is 4.33. The minimum atomic E-state index is -1.73. The van der Waals surface area contributed by atoms with Crippen LogP contribution in [-0.4, -0.2) is 56.6 Å². The molecule has 12 nitrogen and oxygen atoms in total. The predicted molar refractivity (Wildman–Crippen MR) is 130 cm³/mol. The van der Waals surface area contributed by atoms with E-state index in [1.807, 2.05) is 13.8 Å². The molecule has 0 bridgehead atoms. The first-order chi connectivity index (χ1) is 17.2. The Morgan fingerprint density at radius 2 is 2.11 bits per heavy atom. The van der Waals surface area contributed by atoms with Gasteiger partial charge in [0.1, 0.15) is 5.69 Å². The predicted octanol–water partition coefficient (Wildman–Crippen LogP) is 1.09. The van der Waals surface area contributed by atoms with E-state index in [0.717, 1.165) is 11.4 Å². The third-order valence-corrected chi connectivity index (χ3v) is 6.45. The van der Waals surface area contributed by atoms with Crippen molar-refractivity contribution in [2.24, 2.45) is 5.73 Å². The van der Waals surface area contributed by atoms with Crippen molar-refractivity contribution in [2.45, 2.75) is 31.9 Å². The molecule has 3 aromatic rings. The lowest BCUT2D eigenvalue weighted by atomic mass is 9.98. The van der Waals surface area contributed by atoms with Crippen molar-refractivity contribution in [1.29, 1.82) is 0 Å². The number of benzene rings is 1. The zero-order valence-corrected chi connectivity index (χ0v) is 20.0. The summed E-state index contributed by atoms with van der Waals surface area (Å²) in [5, 5.41) is 18.1. The molecule has 2 aliphatic heterocycles. The highest BCUT2D eigenvalue weighted by Gasteiger charge is 2.48. The van der Waals surface area contributed by atoms with Gasteiger partial charge in [-0.3, -0.25) is 9.59 Å². The highest BCUT2D eigenvalue weighted by atomic mass is 16.5. The fourth-order valence-electron chi connectivity index (χ4n) is 4.33. The number of amides is 2. The number of hydrogen-bond acceptors (Lipinski definition) is 10. The van der Waals surface area contributed by atoms with Gasteiger partial charge in [-0.25, -0.2) is 15.4 Å². The van der Waals surface area contributed by atoms with E-state index in [0.29, 0.717) is 34.9 Å². The Balaban J connectivity index is 1.45. The summed E-state index contributed by atoms with van der Waals surface area (Å²) < 4.78 is 5.35. The number of rotatable bonds is 6. The van der Waals surface area contributed by atoms with E-state index in [4.69, 9.17) is 10.3 Å². The topological polar surface area (TPSA) is 172 Å². The maximum absolute atomic E-state index is 12.4. The normalized spacial score (nSPS) is 21.7. The van der Waals surface area contributed by atoms with Crippen molar-refractivity contribution in [1.82, 2.24) is 30.9 Å².